The van der Waals surface area contributed by atoms with E-state index < -0.39 is 35.0 Å². The second kappa shape index (κ2) is 11.6. The van der Waals surface area contributed by atoms with Crippen molar-refractivity contribution < 1.29 is 29.0 Å². The maximum absolute atomic E-state index is 15.3. The summed E-state index contributed by atoms with van der Waals surface area (Å²) in [7, 11) is 1.47. The minimum Gasteiger partial charge on any atom is -0.504 e. The Kier molecular flexibility index (Phi) is 7.47. The molecule has 0 spiro atoms. The zero-order valence-corrected chi connectivity index (χ0v) is 27.4. The lowest BCUT2D eigenvalue weighted by Gasteiger charge is -2.50. The first kappa shape index (κ1) is 30.9. The average Bonchev–Trinajstić information content (AvgIpc) is 3.50. The van der Waals surface area contributed by atoms with E-state index in [1.54, 1.807) is 47.4 Å². The van der Waals surface area contributed by atoms with Crippen LogP contribution in [0.2, 0.25) is 5.02 Å². The monoisotopic (exact) mass is 664 g/mol. The Morgan fingerprint density at radius 2 is 1.62 bits per heavy atom. The predicted octanol–water partition coefficient (Wildman–Crippen LogP) is 6.55. The summed E-state index contributed by atoms with van der Waals surface area (Å²) >= 11 is 6.39. The molecule has 9 heteroatoms. The van der Waals surface area contributed by atoms with Crippen LogP contribution >= 0.6 is 11.6 Å². The van der Waals surface area contributed by atoms with Gasteiger partial charge in [-0.1, -0.05) is 85.0 Å². The number of carbonyl (C=O) groups excluding carboxylic acids is 4. The van der Waals surface area contributed by atoms with Gasteiger partial charge in [-0.05, 0) is 73.1 Å². The quantitative estimate of drug-likeness (QED) is 0.245. The molecule has 2 heterocycles. The summed E-state index contributed by atoms with van der Waals surface area (Å²) in [5, 5.41) is 11.0. The number of halogens is 1. The molecule has 8 nitrogen and oxygen atoms in total. The van der Waals surface area contributed by atoms with E-state index in [1.807, 2.05) is 30.3 Å². The Hall–Kier alpha value is -4.43. The number of rotatable bonds is 5. The number of imide groups is 2. The van der Waals surface area contributed by atoms with Gasteiger partial charge in [0.15, 0.2) is 11.5 Å². The maximum atomic E-state index is 15.3. The number of anilines is 1. The van der Waals surface area contributed by atoms with Crippen LogP contribution in [0.5, 0.6) is 11.5 Å². The van der Waals surface area contributed by atoms with Gasteiger partial charge in [0.2, 0.25) is 23.6 Å². The van der Waals surface area contributed by atoms with Crippen molar-refractivity contribution in [3.63, 3.8) is 0 Å². The number of hydrogen-bond donors (Lipinski definition) is 1. The van der Waals surface area contributed by atoms with E-state index in [0.717, 1.165) is 37.7 Å². The second-order valence-electron chi connectivity index (χ2n) is 13.9. The van der Waals surface area contributed by atoms with E-state index in [2.05, 4.69) is 6.08 Å². The fourth-order valence-electron chi connectivity index (χ4n) is 9.72. The van der Waals surface area contributed by atoms with E-state index >= 15 is 4.79 Å². The summed E-state index contributed by atoms with van der Waals surface area (Å²) in [6, 6.07) is 21.1. The van der Waals surface area contributed by atoms with Crippen molar-refractivity contribution in [2.24, 2.45) is 23.7 Å². The Bertz CT molecular complexity index is 1870. The summed E-state index contributed by atoms with van der Waals surface area (Å²) < 4.78 is 5.54. The predicted molar refractivity (Wildman–Crippen MR) is 179 cm³/mol. The minimum absolute atomic E-state index is 0.0503. The number of ether oxygens (including phenoxy) is 1. The van der Waals surface area contributed by atoms with Crippen molar-refractivity contribution in [3.05, 3.63) is 101 Å². The fraction of sp³-hybridized carbons (Fsp3) is 0.385. The van der Waals surface area contributed by atoms with Gasteiger partial charge in [-0.2, -0.15) is 0 Å². The molecule has 2 saturated carbocycles. The molecule has 4 amide bonds. The molecule has 3 aromatic rings. The van der Waals surface area contributed by atoms with Crippen LogP contribution in [-0.4, -0.2) is 46.8 Å². The lowest BCUT2D eigenvalue weighted by atomic mass is 9.49. The van der Waals surface area contributed by atoms with Gasteiger partial charge in [0.1, 0.15) is 0 Å². The number of aromatic hydroxyl groups is 1. The number of phenols is 1. The molecule has 0 radical (unpaired) electrons. The molecule has 1 N–H and O–H groups in total. The molecule has 6 unspecified atom stereocenters. The van der Waals surface area contributed by atoms with Gasteiger partial charge >= 0.3 is 0 Å². The molecule has 8 rings (SSSR count). The molecule has 48 heavy (non-hydrogen) atoms. The van der Waals surface area contributed by atoms with Crippen LogP contribution < -0.4 is 9.64 Å². The summed E-state index contributed by atoms with van der Waals surface area (Å²) in [5.74, 6) is -3.87. The van der Waals surface area contributed by atoms with Crippen LogP contribution in [-0.2, 0) is 24.6 Å². The van der Waals surface area contributed by atoms with Gasteiger partial charge < -0.3 is 9.84 Å². The molecular formula is C39H37ClN2O6. The van der Waals surface area contributed by atoms with E-state index in [9.17, 15) is 19.5 Å². The molecule has 0 aromatic heterocycles. The Morgan fingerprint density at radius 3 is 2.35 bits per heavy atom. The first-order valence-corrected chi connectivity index (χ1v) is 17.3. The van der Waals surface area contributed by atoms with Crippen LogP contribution in [0.3, 0.4) is 0 Å². The van der Waals surface area contributed by atoms with Crippen LogP contribution in [0.4, 0.5) is 5.69 Å². The topological polar surface area (TPSA) is 104 Å². The number of likely N-dealkylation sites (tertiary alicyclic amines) is 1. The smallest absolute Gasteiger partial charge is 0.246 e. The summed E-state index contributed by atoms with van der Waals surface area (Å²) in [4.78, 5) is 61.4. The zero-order valence-electron chi connectivity index (χ0n) is 26.7. The standard InChI is InChI=1S/C39H37ClN2O6/c1-48-32-19-22(15-18-31(32)43)34-27-16-17-28-33(37(46)41(35(28)44)25-12-6-3-7-13-25)29(27)21-30-36(45)42(26-14-8-11-24(40)20-26)38(47)39(30,34)23-9-4-2-5-10-23/h2,4-5,8-11,14-16,18-20,25,28-30,33-34,43H,3,6-7,12-13,17,21H2,1H3. The first-order valence-electron chi connectivity index (χ1n) is 16.9. The first-order chi connectivity index (χ1) is 23.3. The van der Waals surface area contributed by atoms with Crippen molar-refractivity contribution in [1.82, 2.24) is 4.90 Å². The van der Waals surface area contributed by atoms with Crippen molar-refractivity contribution in [1.29, 1.82) is 0 Å². The lowest BCUT2D eigenvalue weighted by molar-refractivity contribution is -0.143. The maximum Gasteiger partial charge on any atom is 0.246 e. The Morgan fingerprint density at radius 1 is 0.854 bits per heavy atom. The highest BCUT2D eigenvalue weighted by atomic mass is 35.5. The summed E-state index contributed by atoms with van der Waals surface area (Å²) in [6.45, 7) is 0. The molecule has 0 bridgehead atoms. The Labute approximate surface area is 284 Å². The number of phenolic OH excluding ortho intramolecular Hbond substituents is 1. The van der Waals surface area contributed by atoms with Gasteiger partial charge in [-0.3, -0.25) is 24.1 Å². The summed E-state index contributed by atoms with van der Waals surface area (Å²) in [6.07, 6.45) is 7.41. The Balaban J connectivity index is 1.35. The van der Waals surface area contributed by atoms with Gasteiger partial charge in [0, 0.05) is 17.0 Å². The number of nitrogens with zero attached hydrogens (tertiary/aromatic N) is 2. The van der Waals surface area contributed by atoms with E-state index in [4.69, 9.17) is 16.3 Å². The van der Waals surface area contributed by atoms with Gasteiger partial charge in [-0.15, -0.1) is 0 Å². The average molecular weight is 665 g/mol. The number of benzene rings is 3. The molecule has 3 aliphatic carbocycles. The van der Waals surface area contributed by atoms with Gasteiger partial charge in [0.05, 0.1) is 36.0 Å². The number of amides is 4. The van der Waals surface area contributed by atoms with Gasteiger partial charge in [0.25, 0.3) is 0 Å². The molecule has 2 saturated heterocycles. The number of methoxy groups -OCH3 is 1. The highest BCUT2D eigenvalue weighted by molar-refractivity contribution is 6.32. The second-order valence-corrected chi connectivity index (χ2v) is 14.3. The fourth-order valence-corrected chi connectivity index (χ4v) is 9.90. The van der Waals surface area contributed by atoms with Crippen LogP contribution in [0, 0.1) is 23.7 Å². The molecule has 3 aromatic carbocycles. The van der Waals surface area contributed by atoms with Crippen molar-refractivity contribution in [3.8, 4) is 11.5 Å². The van der Waals surface area contributed by atoms with Crippen LogP contribution in [0.1, 0.15) is 62.0 Å². The third-order valence-corrected chi connectivity index (χ3v) is 11.9. The zero-order chi connectivity index (χ0) is 33.3. The number of carbonyl (C=O) groups is 4. The molecule has 2 aliphatic heterocycles. The lowest BCUT2D eigenvalue weighted by Crippen LogP contribution is -2.53. The van der Waals surface area contributed by atoms with E-state index in [-0.39, 0.29) is 47.6 Å². The SMILES string of the molecule is COc1cc(C2C3=CCC4C(=O)N(C5CCCCC5)C(=O)C4C3CC3C(=O)N(c4cccc(Cl)c4)C(=O)C32c2ccccc2)ccc1O. The molecule has 4 fully saturated rings. The normalized spacial score (nSPS) is 30.2. The minimum atomic E-state index is -1.38. The molecular weight excluding hydrogens is 628 g/mol. The molecule has 6 atom stereocenters. The van der Waals surface area contributed by atoms with E-state index in [0.29, 0.717) is 28.3 Å². The third-order valence-electron chi connectivity index (χ3n) is 11.7. The van der Waals surface area contributed by atoms with Crippen LogP contribution in [0.25, 0.3) is 0 Å². The molecule has 246 valence electrons. The van der Waals surface area contributed by atoms with Crippen molar-refractivity contribution in [2.45, 2.75) is 62.3 Å². The summed E-state index contributed by atoms with van der Waals surface area (Å²) in [5.41, 5.74) is 1.25. The third kappa shape index (κ3) is 4.34. The van der Waals surface area contributed by atoms with E-state index in [1.165, 1.54) is 12.0 Å². The van der Waals surface area contributed by atoms with Crippen molar-refractivity contribution >= 4 is 40.9 Å². The molecule has 5 aliphatic rings. The van der Waals surface area contributed by atoms with Crippen molar-refractivity contribution in [2.75, 3.05) is 12.0 Å². The number of allylic oxidation sites excluding steroid dienone is 2. The van der Waals surface area contributed by atoms with Gasteiger partial charge in [-0.25, -0.2) is 4.90 Å². The number of hydrogen-bond acceptors (Lipinski definition) is 6. The highest BCUT2D eigenvalue weighted by Gasteiger charge is 2.70. The highest BCUT2D eigenvalue weighted by Crippen LogP contribution is 2.65. The number of fused-ring (bicyclic) bond motifs is 4. The van der Waals surface area contributed by atoms with Crippen LogP contribution in [0.15, 0.2) is 84.4 Å². The largest absolute Gasteiger partial charge is 0.504 e.